The van der Waals surface area contributed by atoms with Gasteiger partial charge in [0.15, 0.2) is 0 Å². The van der Waals surface area contributed by atoms with Gasteiger partial charge >= 0.3 is 0 Å². The molecule has 2 aliphatic rings. The number of aromatic nitrogens is 3. The first-order valence-corrected chi connectivity index (χ1v) is 6.94. The molecule has 2 fully saturated rings. The number of hydrogen-bond donors (Lipinski definition) is 3. The first-order chi connectivity index (χ1) is 9.18. The van der Waals surface area contributed by atoms with E-state index in [0.29, 0.717) is 17.8 Å². The summed E-state index contributed by atoms with van der Waals surface area (Å²) in [6, 6.07) is 0. The molecule has 19 heavy (non-hydrogen) atoms. The van der Waals surface area contributed by atoms with E-state index in [1.165, 1.54) is 19.3 Å². The molecule has 0 radical (unpaired) electrons. The Morgan fingerprint density at radius 1 is 1.05 bits per heavy atom. The maximum absolute atomic E-state index is 5.45. The lowest BCUT2D eigenvalue weighted by Gasteiger charge is -2.39. The average molecular weight is 263 g/mol. The van der Waals surface area contributed by atoms with E-state index in [1.807, 2.05) is 0 Å². The van der Waals surface area contributed by atoms with E-state index in [4.69, 9.17) is 5.84 Å². The summed E-state index contributed by atoms with van der Waals surface area (Å²) in [6.45, 7) is 4.21. The number of nitrogens with one attached hydrogen (secondary N) is 2. The molecule has 4 N–H and O–H groups in total. The molecule has 0 spiro atoms. The molecule has 3 rings (SSSR count). The Morgan fingerprint density at radius 3 is 2.32 bits per heavy atom. The van der Waals surface area contributed by atoms with Crippen molar-refractivity contribution in [3.63, 3.8) is 0 Å². The molecule has 1 aliphatic carbocycles. The maximum atomic E-state index is 5.45. The zero-order valence-electron chi connectivity index (χ0n) is 11.3. The van der Waals surface area contributed by atoms with Crippen LogP contribution in [0.2, 0.25) is 0 Å². The van der Waals surface area contributed by atoms with Crippen LogP contribution < -0.4 is 21.5 Å². The fourth-order valence-electron chi connectivity index (χ4n) is 2.65. The number of nitrogens with zero attached hydrogens (tertiary/aromatic N) is 4. The minimum absolute atomic E-state index is 0.121. The van der Waals surface area contributed by atoms with E-state index in [2.05, 4.69) is 37.5 Å². The van der Waals surface area contributed by atoms with Gasteiger partial charge in [-0.3, -0.25) is 5.43 Å². The molecule has 1 aromatic rings. The van der Waals surface area contributed by atoms with Crippen molar-refractivity contribution >= 4 is 17.8 Å². The normalized spacial score (nSPS) is 21.1. The Kier molecular flexibility index (Phi) is 3.14. The Hall–Kier alpha value is -1.63. The lowest BCUT2D eigenvalue weighted by Crippen LogP contribution is -2.42. The van der Waals surface area contributed by atoms with Crippen LogP contribution in [0.1, 0.15) is 39.0 Å². The molecule has 1 aromatic heterocycles. The highest BCUT2D eigenvalue weighted by atomic mass is 15.4. The summed E-state index contributed by atoms with van der Waals surface area (Å²) >= 11 is 0. The summed E-state index contributed by atoms with van der Waals surface area (Å²) < 4.78 is 0. The SMILES string of the molecule is CC1(Nc2nc(NN)nc(N3CCCC3)n2)CCC1. The molecule has 0 atom stereocenters. The summed E-state index contributed by atoms with van der Waals surface area (Å²) in [5.41, 5.74) is 2.64. The van der Waals surface area contributed by atoms with Crippen LogP contribution in [0.25, 0.3) is 0 Å². The lowest BCUT2D eigenvalue weighted by atomic mass is 9.79. The van der Waals surface area contributed by atoms with Crippen LogP contribution in [-0.2, 0) is 0 Å². The first-order valence-electron chi connectivity index (χ1n) is 6.94. The lowest BCUT2D eigenvalue weighted by molar-refractivity contribution is 0.304. The van der Waals surface area contributed by atoms with Gasteiger partial charge in [0.05, 0.1) is 0 Å². The molecule has 1 aliphatic heterocycles. The van der Waals surface area contributed by atoms with Gasteiger partial charge in [-0.15, -0.1) is 0 Å². The van der Waals surface area contributed by atoms with Crippen molar-refractivity contribution in [1.82, 2.24) is 15.0 Å². The predicted molar refractivity (Wildman–Crippen MR) is 75.0 cm³/mol. The second-order valence-electron chi connectivity index (χ2n) is 5.66. The number of anilines is 3. The van der Waals surface area contributed by atoms with E-state index < -0.39 is 0 Å². The van der Waals surface area contributed by atoms with E-state index in [9.17, 15) is 0 Å². The van der Waals surface area contributed by atoms with Gasteiger partial charge in [0.2, 0.25) is 17.8 Å². The summed E-state index contributed by atoms with van der Waals surface area (Å²) in [7, 11) is 0. The van der Waals surface area contributed by atoms with Gasteiger partial charge in [-0.2, -0.15) is 15.0 Å². The zero-order valence-corrected chi connectivity index (χ0v) is 11.3. The molecule has 7 heteroatoms. The highest BCUT2D eigenvalue weighted by molar-refractivity contribution is 5.45. The maximum Gasteiger partial charge on any atom is 0.243 e. The fourth-order valence-corrected chi connectivity index (χ4v) is 2.65. The number of nitrogen functional groups attached to an aromatic ring is 1. The average Bonchev–Trinajstić information content (AvgIpc) is 2.90. The van der Waals surface area contributed by atoms with Gasteiger partial charge in [-0.25, -0.2) is 5.84 Å². The van der Waals surface area contributed by atoms with E-state index in [-0.39, 0.29) is 5.54 Å². The van der Waals surface area contributed by atoms with Crippen molar-refractivity contribution in [2.45, 2.75) is 44.6 Å². The Balaban J connectivity index is 1.83. The third kappa shape index (κ3) is 2.56. The van der Waals surface area contributed by atoms with Gasteiger partial charge in [0.25, 0.3) is 0 Å². The minimum atomic E-state index is 0.121. The van der Waals surface area contributed by atoms with Crippen molar-refractivity contribution < 1.29 is 0 Å². The highest BCUT2D eigenvalue weighted by Crippen LogP contribution is 2.34. The van der Waals surface area contributed by atoms with Gasteiger partial charge < -0.3 is 10.2 Å². The predicted octanol–water partition coefficient (Wildman–Crippen LogP) is 1.11. The highest BCUT2D eigenvalue weighted by Gasteiger charge is 2.32. The van der Waals surface area contributed by atoms with Gasteiger partial charge in [0, 0.05) is 18.6 Å². The van der Waals surface area contributed by atoms with Gasteiger partial charge in [0.1, 0.15) is 0 Å². The molecule has 104 valence electrons. The fraction of sp³-hybridized carbons (Fsp3) is 0.750. The third-order valence-electron chi connectivity index (χ3n) is 4.01. The van der Waals surface area contributed by atoms with E-state index in [1.54, 1.807) is 0 Å². The second kappa shape index (κ2) is 4.80. The molecule has 7 nitrogen and oxygen atoms in total. The summed E-state index contributed by atoms with van der Waals surface area (Å²) in [5.74, 6) is 7.20. The van der Waals surface area contributed by atoms with Crippen LogP contribution in [0.4, 0.5) is 17.8 Å². The van der Waals surface area contributed by atoms with Crippen molar-refractivity contribution in [1.29, 1.82) is 0 Å². The Labute approximate surface area is 113 Å². The summed E-state index contributed by atoms with van der Waals surface area (Å²) in [4.78, 5) is 15.3. The molecular formula is C12H21N7. The molecule has 1 saturated heterocycles. The molecule has 0 amide bonds. The van der Waals surface area contributed by atoms with Gasteiger partial charge in [-0.1, -0.05) is 0 Å². The van der Waals surface area contributed by atoms with Crippen LogP contribution in [0.3, 0.4) is 0 Å². The van der Waals surface area contributed by atoms with Crippen molar-refractivity contribution in [3.8, 4) is 0 Å². The number of hydrogen-bond acceptors (Lipinski definition) is 7. The van der Waals surface area contributed by atoms with Crippen LogP contribution in [0, 0.1) is 0 Å². The molecule has 0 bridgehead atoms. The second-order valence-corrected chi connectivity index (χ2v) is 5.66. The molecule has 0 aromatic carbocycles. The summed E-state index contributed by atoms with van der Waals surface area (Å²) in [6.07, 6.45) is 5.96. The van der Waals surface area contributed by atoms with Crippen molar-refractivity contribution in [2.75, 3.05) is 28.7 Å². The smallest absolute Gasteiger partial charge is 0.243 e. The number of rotatable bonds is 4. The number of nitrogens with two attached hydrogens (primary N) is 1. The third-order valence-corrected chi connectivity index (χ3v) is 4.01. The quantitative estimate of drug-likeness (QED) is 0.553. The van der Waals surface area contributed by atoms with Crippen LogP contribution >= 0.6 is 0 Å². The monoisotopic (exact) mass is 263 g/mol. The number of hydrazine groups is 1. The largest absolute Gasteiger partial charge is 0.349 e. The zero-order chi connectivity index (χ0) is 13.3. The first kappa shape index (κ1) is 12.4. The summed E-state index contributed by atoms with van der Waals surface area (Å²) in [5, 5.41) is 3.41. The minimum Gasteiger partial charge on any atom is -0.349 e. The standard InChI is InChI=1S/C12H21N7/c1-12(5-4-6-12)17-9-14-10(18-13)16-11(15-9)19-7-2-3-8-19/h2-8,13H2,1H3,(H2,14,15,16,17,18). The van der Waals surface area contributed by atoms with E-state index in [0.717, 1.165) is 25.9 Å². The van der Waals surface area contributed by atoms with Crippen LogP contribution in [-0.4, -0.2) is 33.6 Å². The molecular weight excluding hydrogens is 242 g/mol. The van der Waals surface area contributed by atoms with Crippen molar-refractivity contribution in [2.24, 2.45) is 5.84 Å². The van der Waals surface area contributed by atoms with Crippen molar-refractivity contribution in [3.05, 3.63) is 0 Å². The van der Waals surface area contributed by atoms with Crippen LogP contribution in [0.5, 0.6) is 0 Å². The topological polar surface area (TPSA) is 92.0 Å². The molecule has 2 heterocycles. The Morgan fingerprint density at radius 2 is 1.74 bits per heavy atom. The molecule has 0 unspecified atom stereocenters. The Bertz CT molecular complexity index is 451. The molecule has 1 saturated carbocycles. The van der Waals surface area contributed by atoms with E-state index >= 15 is 0 Å². The van der Waals surface area contributed by atoms with Gasteiger partial charge in [-0.05, 0) is 39.0 Å². The van der Waals surface area contributed by atoms with Crippen LogP contribution in [0.15, 0.2) is 0 Å².